The zero-order valence-electron chi connectivity index (χ0n) is 28.8. The predicted octanol–water partition coefficient (Wildman–Crippen LogP) is 1.98. The van der Waals surface area contributed by atoms with Crippen molar-refractivity contribution in [2.75, 3.05) is 26.6 Å². The van der Waals surface area contributed by atoms with Gasteiger partial charge in [0.15, 0.2) is 29.1 Å². The zero-order valence-corrected chi connectivity index (χ0v) is 28.8. The summed E-state index contributed by atoms with van der Waals surface area (Å²) in [6.07, 6.45) is -2.88. The van der Waals surface area contributed by atoms with E-state index < -0.39 is 59.0 Å². The van der Waals surface area contributed by atoms with Crippen LogP contribution in [0.25, 0.3) is 11.1 Å². The van der Waals surface area contributed by atoms with Crippen LogP contribution in [-0.4, -0.2) is 99.4 Å². The lowest BCUT2D eigenvalue weighted by molar-refractivity contribution is -0.356. The van der Waals surface area contributed by atoms with Crippen molar-refractivity contribution >= 4 is 11.7 Å². The van der Waals surface area contributed by atoms with Gasteiger partial charge in [-0.05, 0) is 72.8 Å². The molecular formula is C38H38N2O13. The van der Waals surface area contributed by atoms with Crippen molar-refractivity contribution in [1.82, 2.24) is 5.32 Å². The monoisotopic (exact) mass is 730 g/mol. The lowest BCUT2D eigenvalue weighted by Gasteiger charge is -2.60. The molecule has 2 spiro atoms. The third-order valence-corrected chi connectivity index (χ3v) is 12.7. The minimum Gasteiger partial charge on any atom is -0.508 e. The van der Waals surface area contributed by atoms with E-state index in [9.17, 15) is 35.4 Å². The molecule has 278 valence electrons. The molecule has 53 heavy (non-hydrogen) atoms. The highest BCUT2D eigenvalue weighted by atomic mass is 16.7. The summed E-state index contributed by atoms with van der Waals surface area (Å²) in [5.74, 6) is -4.09. The molecule has 8 N–H and O–H groups in total. The van der Waals surface area contributed by atoms with Crippen molar-refractivity contribution in [2.45, 2.75) is 78.4 Å². The number of rotatable bonds is 5. The van der Waals surface area contributed by atoms with Crippen LogP contribution in [0.15, 0.2) is 48.6 Å². The zero-order chi connectivity index (χ0) is 37.0. The van der Waals surface area contributed by atoms with Crippen LogP contribution in [0.3, 0.4) is 0 Å². The number of aliphatic carboxylic acids is 1. The molecule has 3 aromatic rings. The summed E-state index contributed by atoms with van der Waals surface area (Å²) in [6, 6.07) is 8.93. The fourth-order valence-corrected chi connectivity index (χ4v) is 10.4. The van der Waals surface area contributed by atoms with Gasteiger partial charge in [-0.25, -0.2) is 4.79 Å². The van der Waals surface area contributed by atoms with E-state index in [2.05, 4.69) is 10.6 Å². The Balaban J connectivity index is 1.24. The second-order valence-corrected chi connectivity index (χ2v) is 15.0. The Labute approximate surface area is 302 Å². The van der Waals surface area contributed by atoms with E-state index in [0.29, 0.717) is 46.8 Å². The van der Waals surface area contributed by atoms with Crippen molar-refractivity contribution in [1.29, 1.82) is 0 Å². The number of ether oxygens (including phenoxy) is 6. The summed E-state index contributed by atoms with van der Waals surface area (Å²) in [6.45, 7) is 0. The van der Waals surface area contributed by atoms with Gasteiger partial charge in [-0.15, -0.1) is 0 Å². The maximum absolute atomic E-state index is 13.0. The molecule has 0 radical (unpaired) electrons. The number of aromatic hydroxyl groups is 1. The van der Waals surface area contributed by atoms with E-state index in [1.165, 1.54) is 19.3 Å². The third-order valence-electron chi connectivity index (χ3n) is 12.7. The van der Waals surface area contributed by atoms with Crippen molar-refractivity contribution in [3.63, 3.8) is 0 Å². The van der Waals surface area contributed by atoms with E-state index >= 15 is 0 Å². The number of phenolic OH excluding ortho intramolecular Hbond substituents is 1. The Morgan fingerprint density at radius 2 is 1.87 bits per heavy atom. The topological polar surface area (TPSA) is 218 Å². The highest BCUT2D eigenvalue weighted by molar-refractivity contribution is 5.86. The first-order valence-electron chi connectivity index (χ1n) is 17.6. The summed E-state index contributed by atoms with van der Waals surface area (Å²) in [7, 11) is 4.99. The fraction of sp³-hybridized carbons (Fsp3) is 0.447. The van der Waals surface area contributed by atoms with Gasteiger partial charge < -0.3 is 69.7 Å². The summed E-state index contributed by atoms with van der Waals surface area (Å²) in [5, 5.41) is 73.9. The Morgan fingerprint density at radius 1 is 1.06 bits per heavy atom. The number of hydrogen-bond donors (Lipinski definition) is 8. The first kappa shape index (κ1) is 32.8. The molecule has 0 aromatic heterocycles. The molecule has 11 atom stereocenters. The van der Waals surface area contributed by atoms with Gasteiger partial charge in [-0.1, -0.05) is 18.2 Å². The van der Waals surface area contributed by atoms with E-state index in [0.717, 1.165) is 17.2 Å². The minimum absolute atomic E-state index is 0.0261. The average molecular weight is 731 g/mol. The number of hydrogen-bond acceptors (Lipinski definition) is 14. The van der Waals surface area contributed by atoms with Crippen molar-refractivity contribution in [2.24, 2.45) is 5.92 Å². The lowest BCUT2D eigenvalue weighted by Crippen LogP contribution is -2.79. The Hall–Kier alpha value is -4.77. The van der Waals surface area contributed by atoms with Crippen LogP contribution in [-0.2, 0) is 14.9 Å². The van der Waals surface area contributed by atoms with Crippen molar-refractivity contribution in [3.05, 3.63) is 65.2 Å². The first-order valence-corrected chi connectivity index (χ1v) is 17.6. The molecule has 1 saturated heterocycles. The molecule has 2 fully saturated rings. The number of carbonyl (C=O) groups is 1. The molecular weight excluding hydrogens is 692 g/mol. The normalized spacial score (nSPS) is 38.7. The predicted molar refractivity (Wildman–Crippen MR) is 182 cm³/mol. The highest BCUT2D eigenvalue weighted by Gasteiger charge is 2.74. The van der Waals surface area contributed by atoms with Crippen molar-refractivity contribution in [3.8, 4) is 45.6 Å². The van der Waals surface area contributed by atoms with Crippen molar-refractivity contribution < 1.29 is 63.9 Å². The van der Waals surface area contributed by atoms with Crippen LogP contribution < -0.4 is 34.3 Å². The van der Waals surface area contributed by atoms with Crippen LogP contribution in [0, 0.1) is 5.92 Å². The quantitative estimate of drug-likeness (QED) is 0.176. The van der Waals surface area contributed by atoms with Gasteiger partial charge in [-0.3, -0.25) is 0 Å². The Morgan fingerprint density at radius 3 is 2.58 bits per heavy atom. The van der Waals surface area contributed by atoms with Crippen LogP contribution in [0.1, 0.15) is 48.1 Å². The standard InChI is InChI=1S/C38H38N2O13/c1-39-25-16-7-10-37(47)35(14-16)24-19(25)13-21(48-2)28(49-3)30(24)50-33(35)23-18(15-5-4-6-17(41)11-15)12-20-26(29(23)52-37)40-22-8-9-36(34(45)46)31(43)27(42)32(44)38(22,51-20)53-36/h4-6,8-9,11-13,16,22,25,27,31-33,39-44,47H,7,10,14H2,1-3H3,(H,45,46)/t16-,22+,25+,27+,31+,32-,33+,35+,36-,37-,38-/m1/s1. The Kier molecular flexibility index (Phi) is 6.48. The molecule has 5 aliphatic heterocycles. The van der Waals surface area contributed by atoms with E-state index in [4.69, 9.17) is 28.4 Å². The molecule has 5 heterocycles. The van der Waals surface area contributed by atoms with Crippen LogP contribution in [0.4, 0.5) is 5.69 Å². The average Bonchev–Trinajstić information content (AvgIpc) is 3.50. The lowest BCUT2D eigenvalue weighted by atomic mass is 9.51. The molecule has 0 amide bonds. The number of aliphatic hydroxyl groups is 4. The number of carboxylic acid groups (broad SMARTS) is 1. The Bertz CT molecular complexity index is 2160. The molecule has 3 aromatic carbocycles. The van der Waals surface area contributed by atoms with Gasteiger partial charge in [0, 0.05) is 23.6 Å². The van der Waals surface area contributed by atoms with Crippen LogP contribution in [0.5, 0.6) is 34.5 Å². The molecule has 4 bridgehead atoms. The number of carboxylic acids is 1. The summed E-state index contributed by atoms with van der Waals surface area (Å²) < 4.78 is 38.2. The summed E-state index contributed by atoms with van der Waals surface area (Å²) >= 11 is 0. The fourth-order valence-electron chi connectivity index (χ4n) is 10.4. The maximum atomic E-state index is 13.0. The summed E-state index contributed by atoms with van der Waals surface area (Å²) in [4.78, 5) is 12.5. The van der Waals surface area contributed by atoms with Gasteiger partial charge in [0.25, 0.3) is 5.79 Å². The number of nitrogens with one attached hydrogen (secondary N) is 2. The minimum atomic E-state index is -2.43. The third kappa shape index (κ3) is 3.72. The maximum Gasteiger partial charge on any atom is 0.343 e. The molecule has 1 saturated carbocycles. The number of anilines is 1. The van der Waals surface area contributed by atoms with E-state index in [-0.39, 0.29) is 41.3 Å². The molecule has 15 heteroatoms. The summed E-state index contributed by atoms with van der Waals surface area (Å²) in [5.41, 5.74) is -0.0809. The smallest absolute Gasteiger partial charge is 0.343 e. The largest absolute Gasteiger partial charge is 0.508 e. The SMILES string of the molecule is CN[C@@H]1c2cc(OC)c(OC)c3c2[C@]24C[C@H]1CC[C@@]2(O)Oc1c2c(cc(-c5cccc(O)c5)c1[C@@H]4O3)O[C@@]13O[C@](C(=O)O)(C=C[C@@H]1N2)[C@@H](O)[C@H](O)[C@H]3O. The molecule has 15 nitrogen and oxygen atoms in total. The molecule has 0 unspecified atom stereocenters. The number of methoxy groups -OCH3 is 2. The number of benzene rings is 3. The van der Waals surface area contributed by atoms with Crippen LogP contribution in [0.2, 0.25) is 0 Å². The second-order valence-electron chi connectivity index (χ2n) is 15.0. The second kappa shape index (κ2) is 10.5. The first-order chi connectivity index (χ1) is 25.4. The van der Waals surface area contributed by atoms with Gasteiger partial charge >= 0.3 is 5.97 Å². The van der Waals surface area contributed by atoms with E-state index in [1.807, 2.05) is 13.1 Å². The van der Waals surface area contributed by atoms with Gasteiger partial charge in [0.05, 0.1) is 14.2 Å². The van der Waals surface area contributed by atoms with Gasteiger partial charge in [0.1, 0.15) is 41.2 Å². The van der Waals surface area contributed by atoms with Gasteiger partial charge in [-0.2, -0.15) is 0 Å². The number of aliphatic hydroxyl groups excluding tert-OH is 3. The molecule has 7 aliphatic rings. The number of phenols is 1. The molecule has 10 rings (SSSR count). The molecule has 2 aliphatic carbocycles. The number of fused-ring (bicyclic) bond motifs is 6. The van der Waals surface area contributed by atoms with Crippen LogP contribution >= 0.6 is 0 Å². The van der Waals surface area contributed by atoms with Gasteiger partial charge in [0.2, 0.25) is 17.1 Å². The highest BCUT2D eigenvalue weighted by Crippen LogP contribution is 2.74. The van der Waals surface area contributed by atoms with E-state index in [1.54, 1.807) is 31.4 Å².